The molecule has 148 valence electrons. The number of aryl methyl sites for hydroxylation is 2. The molecule has 1 aliphatic heterocycles. The minimum atomic E-state index is 0.250. The lowest BCUT2D eigenvalue weighted by Crippen LogP contribution is -2.44. The SMILES string of the molecule is Cc1cc2cnc(Nc3ncc(N4CCN(C)CC4)cn3)cc2n1C.NC=O. The van der Waals surface area contributed by atoms with Crippen molar-refractivity contribution in [3.8, 4) is 0 Å². The second-order valence-corrected chi connectivity index (χ2v) is 6.79. The fraction of sp³-hybridized carbons (Fsp3) is 0.368. The fourth-order valence-corrected chi connectivity index (χ4v) is 3.17. The van der Waals surface area contributed by atoms with Crippen LogP contribution in [0, 0.1) is 6.92 Å². The predicted molar refractivity (Wildman–Crippen MR) is 111 cm³/mol. The third-order valence-corrected chi connectivity index (χ3v) is 4.91. The molecule has 28 heavy (non-hydrogen) atoms. The second-order valence-electron chi connectivity index (χ2n) is 6.79. The van der Waals surface area contributed by atoms with Gasteiger partial charge in [-0.25, -0.2) is 15.0 Å². The molecule has 0 aliphatic carbocycles. The van der Waals surface area contributed by atoms with Gasteiger partial charge in [-0.2, -0.15) is 0 Å². The van der Waals surface area contributed by atoms with Crippen molar-refractivity contribution in [2.45, 2.75) is 6.92 Å². The van der Waals surface area contributed by atoms with Gasteiger partial charge in [0, 0.05) is 56.6 Å². The van der Waals surface area contributed by atoms with Crippen LogP contribution in [0.5, 0.6) is 0 Å². The van der Waals surface area contributed by atoms with Crippen molar-refractivity contribution in [1.29, 1.82) is 0 Å². The average molecular weight is 382 g/mol. The minimum Gasteiger partial charge on any atom is -0.372 e. The third kappa shape index (κ3) is 4.37. The zero-order valence-electron chi connectivity index (χ0n) is 16.5. The van der Waals surface area contributed by atoms with Gasteiger partial charge in [0.15, 0.2) is 0 Å². The Bertz CT molecular complexity index is 929. The van der Waals surface area contributed by atoms with E-state index in [2.05, 4.69) is 67.5 Å². The van der Waals surface area contributed by atoms with E-state index in [9.17, 15) is 0 Å². The average Bonchev–Trinajstić information content (AvgIpc) is 2.98. The van der Waals surface area contributed by atoms with E-state index in [0.29, 0.717) is 5.95 Å². The largest absolute Gasteiger partial charge is 0.372 e. The number of nitrogens with two attached hydrogens (primary N) is 1. The molecule has 1 amide bonds. The lowest BCUT2D eigenvalue weighted by Gasteiger charge is -2.33. The molecule has 0 atom stereocenters. The van der Waals surface area contributed by atoms with Crippen LogP contribution in [0.15, 0.2) is 30.7 Å². The van der Waals surface area contributed by atoms with E-state index in [4.69, 9.17) is 4.79 Å². The summed E-state index contributed by atoms with van der Waals surface area (Å²) in [4.78, 5) is 26.6. The summed E-state index contributed by atoms with van der Waals surface area (Å²) < 4.78 is 2.15. The lowest BCUT2D eigenvalue weighted by molar-refractivity contribution is -0.106. The molecule has 1 saturated heterocycles. The van der Waals surface area contributed by atoms with Crippen molar-refractivity contribution in [3.05, 3.63) is 36.4 Å². The number of primary amides is 1. The maximum Gasteiger partial charge on any atom is 0.228 e. The Morgan fingerprint density at radius 1 is 1.04 bits per heavy atom. The summed E-state index contributed by atoms with van der Waals surface area (Å²) in [6.45, 7) is 6.25. The number of nitrogens with one attached hydrogen (secondary N) is 1. The number of rotatable bonds is 3. The van der Waals surface area contributed by atoms with E-state index in [0.717, 1.165) is 48.6 Å². The zero-order valence-corrected chi connectivity index (χ0v) is 16.5. The van der Waals surface area contributed by atoms with Crippen LogP contribution in [0.4, 0.5) is 17.5 Å². The van der Waals surface area contributed by atoms with Crippen LogP contribution in [0.2, 0.25) is 0 Å². The van der Waals surface area contributed by atoms with Crippen molar-refractivity contribution in [2.24, 2.45) is 12.8 Å². The molecule has 0 aromatic carbocycles. The van der Waals surface area contributed by atoms with Gasteiger partial charge in [-0.05, 0) is 20.0 Å². The highest BCUT2D eigenvalue weighted by Gasteiger charge is 2.15. The number of hydrogen-bond donors (Lipinski definition) is 2. The van der Waals surface area contributed by atoms with Crippen LogP contribution in [-0.2, 0) is 11.8 Å². The van der Waals surface area contributed by atoms with Crippen molar-refractivity contribution in [3.63, 3.8) is 0 Å². The van der Waals surface area contributed by atoms with Crippen molar-refractivity contribution in [1.82, 2.24) is 24.4 Å². The Morgan fingerprint density at radius 2 is 1.68 bits per heavy atom. The molecule has 9 heteroatoms. The minimum absolute atomic E-state index is 0.250. The molecular formula is C19H26N8O. The molecule has 4 heterocycles. The van der Waals surface area contributed by atoms with Crippen molar-refractivity contribution >= 4 is 34.8 Å². The fourth-order valence-electron chi connectivity index (χ4n) is 3.17. The van der Waals surface area contributed by atoms with Crippen LogP contribution >= 0.6 is 0 Å². The van der Waals surface area contributed by atoms with E-state index in [1.54, 1.807) is 0 Å². The van der Waals surface area contributed by atoms with Crippen LogP contribution in [0.3, 0.4) is 0 Å². The number of likely N-dealkylation sites (N-methyl/N-ethyl adjacent to an activating group) is 1. The molecule has 3 N–H and O–H groups in total. The molecular weight excluding hydrogens is 356 g/mol. The summed E-state index contributed by atoms with van der Waals surface area (Å²) in [6.07, 6.45) is 5.89. The number of pyridine rings is 1. The van der Waals surface area contributed by atoms with Gasteiger partial charge in [0.05, 0.1) is 23.6 Å². The van der Waals surface area contributed by atoms with E-state index in [1.807, 2.05) is 24.7 Å². The summed E-state index contributed by atoms with van der Waals surface area (Å²) in [5, 5.41) is 4.33. The molecule has 4 rings (SSSR count). The van der Waals surface area contributed by atoms with Crippen LogP contribution in [-0.4, -0.2) is 64.1 Å². The molecule has 0 radical (unpaired) electrons. The molecule has 3 aromatic rings. The summed E-state index contributed by atoms with van der Waals surface area (Å²) in [5.41, 5.74) is 7.59. The number of anilines is 3. The Morgan fingerprint density at radius 3 is 2.32 bits per heavy atom. The maximum absolute atomic E-state index is 8.58. The maximum atomic E-state index is 8.58. The first-order chi connectivity index (χ1) is 13.5. The second kappa shape index (κ2) is 8.66. The number of aromatic nitrogens is 4. The number of fused-ring (bicyclic) bond motifs is 1. The molecule has 0 saturated carbocycles. The Balaban J connectivity index is 0.000000706. The van der Waals surface area contributed by atoms with E-state index in [1.165, 1.54) is 5.69 Å². The van der Waals surface area contributed by atoms with Crippen molar-refractivity contribution in [2.75, 3.05) is 43.4 Å². The molecule has 1 aliphatic rings. The summed E-state index contributed by atoms with van der Waals surface area (Å²) in [7, 11) is 4.21. The van der Waals surface area contributed by atoms with E-state index in [-0.39, 0.29) is 6.41 Å². The monoisotopic (exact) mass is 382 g/mol. The summed E-state index contributed by atoms with van der Waals surface area (Å²) in [5.74, 6) is 1.32. The highest BCUT2D eigenvalue weighted by Crippen LogP contribution is 2.22. The number of piperazine rings is 1. The van der Waals surface area contributed by atoms with Gasteiger partial charge < -0.3 is 25.4 Å². The molecule has 9 nitrogen and oxygen atoms in total. The van der Waals surface area contributed by atoms with Gasteiger partial charge in [0.2, 0.25) is 12.4 Å². The normalized spacial score (nSPS) is 14.5. The lowest BCUT2D eigenvalue weighted by atomic mass is 10.3. The first kappa shape index (κ1) is 19.6. The van der Waals surface area contributed by atoms with Crippen LogP contribution in [0.25, 0.3) is 10.9 Å². The van der Waals surface area contributed by atoms with Gasteiger partial charge in [-0.1, -0.05) is 0 Å². The van der Waals surface area contributed by atoms with Gasteiger partial charge in [-0.15, -0.1) is 0 Å². The van der Waals surface area contributed by atoms with Crippen LogP contribution < -0.4 is 16.0 Å². The van der Waals surface area contributed by atoms with Crippen molar-refractivity contribution < 1.29 is 4.79 Å². The summed E-state index contributed by atoms with van der Waals surface area (Å²) in [6, 6.07) is 4.16. The number of nitrogens with zero attached hydrogens (tertiary/aromatic N) is 6. The van der Waals surface area contributed by atoms with E-state index >= 15 is 0 Å². The molecule has 1 fully saturated rings. The number of carbonyl (C=O) groups is 1. The topological polar surface area (TPSA) is 105 Å². The standard InChI is InChI=1S/C18H23N7.CH3NO/c1-13-8-14-10-19-17(9-16(14)24(13)3)22-18-20-11-15(12-21-18)25-6-4-23(2)5-7-25;2-1-3/h8-12H,4-7H2,1-3H3,(H,19,20,21,22);1H,(H2,2,3). The predicted octanol–water partition coefficient (Wildman–Crippen LogP) is 1.27. The molecule has 0 bridgehead atoms. The first-order valence-corrected chi connectivity index (χ1v) is 9.12. The van der Waals surface area contributed by atoms with Gasteiger partial charge in [0.1, 0.15) is 5.82 Å². The number of carbonyl (C=O) groups excluding carboxylic acids is 1. The quantitative estimate of drug-likeness (QED) is 0.657. The molecule has 0 unspecified atom stereocenters. The first-order valence-electron chi connectivity index (χ1n) is 9.12. The third-order valence-electron chi connectivity index (χ3n) is 4.91. The Kier molecular flexibility index (Phi) is 6.05. The Hall–Kier alpha value is -3.20. The van der Waals surface area contributed by atoms with Gasteiger partial charge >= 0.3 is 0 Å². The van der Waals surface area contributed by atoms with E-state index < -0.39 is 0 Å². The Labute approximate surface area is 164 Å². The summed E-state index contributed by atoms with van der Waals surface area (Å²) >= 11 is 0. The molecule has 3 aromatic heterocycles. The van der Waals surface area contributed by atoms with Crippen LogP contribution in [0.1, 0.15) is 5.69 Å². The van der Waals surface area contributed by atoms with Gasteiger partial charge in [0.25, 0.3) is 0 Å². The molecule has 0 spiro atoms. The number of amides is 1. The smallest absolute Gasteiger partial charge is 0.228 e. The van der Waals surface area contributed by atoms with Gasteiger partial charge in [-0.3, -0.25) is 4.79 Å². The zero-order chi connectivity index (χ0) is 20.1. The number of hydrogen-bond acceptors (Lipinski definition) is 7. The highest BCUT2D eigenvalue weighted by molar-refractivity contribution is 5.83. The highest BCUT2D eigenvalue weighted by atomic mass is 16.1.